The van der Waals surface area contributed by atoms with E-state index in [2.05, 4.69) is 112 Å². The van der Waals surface area contributed by atoms with Gasteiger partial charge in [-0.15, -0.1) is 0 Å². The van der Waals surface area contributed by atoms with E-state index < -0.39 is 0 Å². The molecule has 5 aromatic heterocycles. The van der Waals surface area contributed by atoms with Gasteiger partial charge in [0.15, 0.2) is 0 Å². The smallest absolute Gasteiger partial charge is 0.135 e. The third-order valence-electron chi connectivity index (χ3n) is 13.5. The predicted octanol–water partition coefficient (Wildman–Crippen LogP) is 15.9. The zero-order chi connectivity index (χ0) is 47.6. The highest BCUT2D eigenvalue weighted by Gasteiger charge is 2.25. The van der Waals surface area contributed by atoms with E-state index in [0.29, 0.717) is 49.8 Å². The van der Waals surface area contributed by atoms with Gasteiger partial charge in [0, 0.05) is 65.6 Å². The van der Waals surface area contributed by atoms with Crippen LogP contribution in [0.5, 0.6) is 0 Å². The second-order valence-electron chi connectivity index (χ2n) is 16.8. The van der Waals surface area contributed by atoms with Gasteiger partial charge in [-0.1, -0.05) is 121 Å². The Morgan fingerprint density at radius 1 is 0.308 bits per heavy atom. The summed E-state index contributed by atoms with van der Waals surface area (Å²) in [5.74, 6) is 0. The van der Waals surface area contributed by atoms with Crippen molar-refractivity contribution in [3.63, 3.8) is 0 Å². The Morgan fingerprint density at radius 2 is 0.708 bits per heavy atom. The topological polar surface area (TPSA) is 32.9 Å². The molecule has 0 fully saturated rings. The van der Waals surface area contributed by atoms with E-state index in [1.165, 1.54) is 10.8 Å². The Labute approximate surface area is 380 Å². The largest absolute Gasteiger partial charge is 0.456 e. The van der Waals surface area contributed by atoms with Crippen LogP contribution in [0.1, 0.15) is 8.22 Å². The van der Waals surface area contributed by atoms with Crippen molar-refractivity contribution >= 4 is 98.4 Å². The molecule has 0 bridgehead atoms. The lowest BCUT2D eigenvalue weighted by Gasteiger charge is -2.19. The summed E-state index contributed by atoms with van der Waals surface area (Å²) in [4.78, 5) is 0. The van der Waals surface area contributed by atoms with Crippen LogP contribution in [0.15, 0.2) is 223 Å². The van der Waals surface area contributed by atoms with Crippen molar-refractivity contribution in [2.75, 3.05) is 0 Å². The molecule has 302 valence electrons. The highest BCUT2D eigenvalue weighted by Crippen LogP contribution is 2.46. The highest BCUT2D eigenvalue weighted by atomic mass is 16.3. The lowest BCUT2D eigenvalue weighted by Crippen LogP contribution is -2.02. The van der Waals surface area contributed by atoms with Gasteiger partial charge in [0.2, 0.25) is 0 Å². The van der Waals surface area contributed by atoms with Gasteiger partial charge in [0.1, 0.15) is 11.2 Å². The number of nitrogens with zero attached hydrogens (tertiary/aromatic N) is 4. The van der Waals surface area contributed by atoms with Crippen molar-refractivity contribution in [2.45, 2.75) is 0 Å². The Kier molecular flexibility index (Phi) is 5.84. The van der Waals surface area contributed by atoms with Gasteiger partial charge in [0.05, 0.1) is 63.7 Å². The summed E-state index contributed by atoms with van der Waals surface area (Å²) in [6, 6.07) is 60.7. The monoisotopic (exact) mass is 834 g/mol. The van der Waals surface area contributed by atoms with Gasteiger partial charge in [-0.3, -0.25) is 0 Å². The molecule has 0 aliphatic carbocycles. The third kappa shape index (κ3) is 4.65. The molecule has 15 aromatic rings. The Morgan fingerprint density at radius 3 is 1.32 bits per heavy atom. The van der Waals surface area contributed by atoms with Crippen molar-refractivity contribution in [1.82, 2.24) is 18.3 Å². The second-order valence-corrected chi connectivity index (χ2v) is 16.8. The average Bonchev–Trinajstić information content (AvgIpc) is 4.22. The zero-order valence-corrected chi connectivity index (χ0v) is 34.5. The number of benzene rings is 10. The molecule has 0 saturated carbocycles. The minimum absolute atomic E-state index is 0.168. The molecule has 0 aliphatic heterocycles. The van der Waals surface area contributed by atoms with Gasteiger partial charge in [-0.2, -0.15) is 0 Å². The second kappa shape index (κ2) is 12.9. The van der Waals surface area contributed by atoms with E-state index in [1.807, 2.05) is 83.4 Å². The molecule has 0 unspecified atom stereocenters. The number of rotatable bonds is 5. The van der Waals surface area contributed by atoms with Crippen LogP contribution in [-0.2, 0) is 0 Å². The molecule has 0 aliphatic rings. The number of furan rings is 1. The normalized spacial score (nSPS) is 13.6. The Hall–Kier alpha value is -8.80. The first-order valence-electron chi connectivity index (χ1n) is 24.8. The third-order valence-corrected chi connectivity index (χ3v) is 13.5. The van der Waals surface area contributed by atoms with Gasteiger partial charge in [-0.05, 0) is 97.0 Å². The highest BCUT2D eigenvalue weighted by molar-refractivity contribution is 6.26. The maximum atomic E-state index is 9.65. The van der Waals surface area contributed by atoms with Crippen molar-refractivity contribution in [2.24, 2.45) is 0 Å². The fourth-order valence-corrected chi connectivity index (χ4v) is 10.8. The van der Waals surface area contributed by atoms with Gasteiger partial charge in [-0.25, -0.2) is 0 Å². The lowest BCUT2D eigenvalue weighted by atomic mass is 10.0. The molecule has 5 heteroatoms. The van der Waals surface area contributed by atoms with Crippen LogP contribution in [0.2, 0.25) is 0 Å². The summed E-state index contributed by atoms with van der Waals surface area (Å²) in [6.07, 6.45) is 0. The van der Waals surface area contributed by atoms with Gasteiger partial charge < -0.3 is 22.7 Å². The van der Waals surface area contributed by atoms with Gasteiger partial charge >= 0.3 is 0 Å². The number of hydrogen-bond acceptors (Lipinski definition) is 1. The zero-order valence-electron chi connectivity index (χ0n) is 40.5. The standard InChI is InChI=1S/C60H36N4O/c1-7-21-47-39(15-1)40-16-2-8-22-48(40)61(47)37-31-33-52-45(35-37)43-19-5-11-25-51(43)63(52)49-23-9-3-17-41(49)42-18-4-10-24-50(42)64-55-28-13-26-53-59(55)60-54(27-14-29-56(60)64)62(53)38-32-34-58-46(36-38)44-20-6-12-30-57(44)65-58/h1-36H/i13D,14D,26D,27D,28D,29D. The summed E-state index contributed by atoms with van der Waals surface area (Å²) in [7, 11) is 0. The van der Waals surface area contributed by atoms with Crippen LogP contribution in [0.25, 0.3) is 132 Å². The Bertz CT molecular complexity index is 4660. The number of fused-ring (bicyclic) bond motifs is 9. The van der Waals surface area contributed by atoms with E-state index in [4.69, 9.17) is 4.42 Å². The summed E-state index contributed by atoms with van der Waals surface area (Å²) in [5.41, 5.74) is 12.0. The SMILES string of the molecule is [2H]c1c([2H])c2c3c4c(c([2H])c([2H])c([2H])c4n(-c4ccccc4-c4ccccc4-n4c5ccccc5c5cc(-n6c7ccccc7c7ccccc76)ccc54)c3c1[2H])n2-c1ccc2oc3ccccc3c2c1. The molecule has 0 radical (unpaired) electrons. The molecule has 0 saturated heterocycles. The molecule has 0 amide bonds. The molecule has 15 rings (SSSR count). The summed E-state index contributed by atoms with van der Waals surface area (Å²) in [6.45, 7) is 0. The van der Waals surface area contributed by atoms with E-state index in [-0.39, 0.29) is 36.3 Å². The maximum absolute atomic E-state index is 9.65. The van der Waals surface area contributed by atoms with Crippen LogP contribution in [0.4, 0.5) is 0 Å². The maximum Gasteiger partial charge on any atom is 0.135 e. The van der Waals surface area contributed by atoms with E-state index in [0.717, 1.165) is 71.7 Å². The van der Waals surface area contributed by atoms with Crippen LogP contribution in [0, 0.1) is 0 Å². The quantitative estimate of drug-likeness (QED) is 0.170. The van der Waals surface area contributed by atoms with Crippen molar-refractivity contribution in [3.05, 3.63) is 218 Å². The Balaban J connectivity index is 0.987. The van der Waals surface area contributed by atoms with Crippen LogP contribution in [0.3, 0.4) is 0 Å². The van der Waals surface area contributed by atoms with Crippen molar-refractivity contribution < 1.29 is 12.6 Å². The van der Waals surface area contributed by atoms with Gasteiger partial charge in [0.25, 0.3) is 0 Å². The minimum Gasteiger partial charge on any atom is -0.456 e. The molecule has 65 heavy (non-hydrogen) atoms. The van der Waals surface area contributed by atoms with Crippen molar-refractivity contribution in [3.8, 4) is 33.9 Å². The first-order valence-corrected chi connectivity index (χ1v) is 21.8. The number of para-hydroxylation sites is 6. The molecular formula is C60H36N4O. The molecule has 0 atom stereocenters. The van der Waals surface area contributed by atoms with Crippen LogP contribution >= 0.6 is 0 Å². The fourth-order valence-electron chi connectivity index (χ4n) is 10.8. The van der Waals surface area contributed by atoms with E-state index >= 15 is 0 Å². The number of aromatic nitrogens is 4. The first kappa shape index (κ1) is 29.5. The summed E-state index contributed by atoms with van der Waals surface area (Å²) >= 11 is 0. The molecule has 5 nitrogen and oxygen atoms in total. The number of hydrogen-bond donors (Lipinski definition) is 0. The van der Waals surface area contributed by atoms with Crippen LogP contribution in [-0.4, -0.2) is 18.3 Å². The van der Waals surface area contributed by atoms with E-state index in [1.54, 1.807) is 4.57 Å². The van der Waals surface area contributed by atoms with Crippen molar-refractivity contribution in [1.29, 1.82) is 0 Å². The average molecular weight is 835 g/mol. The summed E-state index contributed by atoms with van der Waals surface area (Å²) < 4.78 is 71.5. The van der Waals surface area contributed by atoms with E-state index in [9.17, 15) is 8.22 Å². The molecule has 10 aromatic carbocycles. The first-order chi connectivity index (χ1) is 34.8. The summed E-state index contributed by atoms with van der Waals surface area (Å²) in [5, 5.41) is 7.36. The molecular weight excluding hydrogens is 793 g/mol. The minimum atomic E-state index is -0.275. The molecule has 0 N–H and O–H groups in total. The predicted molar refractivity (Wildman–Crippen MR) is 270 cm³/mol. The molecule has 0 spiro atoms. The van der Waals surface area contributed by atoms with Crippen LogP contribution < -0.4 is 0 Å². The fraction of sp³-hybridized carbons (Fsp3) is 0. The lowest BCUT2D eigenvalue weighted by molar-refractivity contribution is 0.669. The molecule has 5 heterocycles.